The molecule has 128 valence electrons. The molecule has 1 atom stereocenters. The number of hydrogen-bond acceptors (Lipinski definition) is 5. The molecule has 6 nitrogen and oxygen atoms in total. The van der Waals surface area contributed by atoms with Crippen LogP contribution in [0.3, 0.4) is 0 Å². The van der Waals surface area contributed by atoms with Gasteiger partial charge >= 0.3 is 11.9 Å². The van der Waals surface area contributed by atoms with Crippen LogP contribution in [0.1, 0.15) is 46.0 Å². The van der Waals surface area contributed by atoms with Crippen LogP contribution in [0.25, 0.3) is 0 Å². The van der Waals surface area contributed by atoms with Crippen LogP contribution in [0, 0.1) is 0 Å². The molecule has 1 N–H and O–H groups in total. The van der Waals surface area contributed by atoms with Crippen molar-refractivity contribution in [2.24, 2.45) is 0 Å². The molecule has 0 spiro atoms. The lowest BCUT2D eigenvalue weighted by atomic mass is 9.97. The Bertz CT molecular complexity index is 481. The van der Waals surface area contributed by atoms with Crippen LogP contribution in [0.5, 0.6) is 0 Å². The smallest absolute Gasteiger partial charge is 0.331 e. The van der Waals surface area contributed by atoms with E-state index in [4.69, 9.17) is 4.74 Å². The zero-order valence-electron chi connectivity index (χ0n) is 13.8. The third-order valence-corrected chi connectivity index (χ3v) is 3.43. The number of rotatable bonds is 8. The number of ether oxygens (including phenoxy) is 2. The second-order valence-corrected chi connectivity index (χ2v) is 5.31. The first-order valence-electron chi connectivity index (χ1n) is 8.04. The van der Waals surface area contributed by atoms with Gasteiger partial charge in [-0.15, -0.1) is 0 Å². The third kappa shape index (κ3) is 8.18. The molecule has 1 aliphatic rings. The zero-order chi connectivity index (χ0) is 17.1. The lowest BCUT2D eigenvalue weighted by Crippen LogP contribution is -2.36. The first kappa shape index (κ1) is 18.9. The van der Waals surface area contributed by atoms with Gasteiger partial charge in [-0.3, -0.25) is 4.79 Å². The van der Waals surface area contributed by atoms with E-state index in [0.29, 0.717) is 6.54 Å². The molecule has 0 saturated heterocycles. The minimum Gasteiger partial charge on any atom is -0.463 e. The summed E-state index contributed by atoms with van der Waals surface area (Å²) in [7, 11) is 0. The summed E-state index contributed by atoms with van der Waals surface area (Å²) < 4.78 is 9.56. The molecule has 0 heterocycles. The zero-order valence-corrected chi connectivity index (χ0v) is 13.8. The Hall–Kier alpha value is -2.11. The van der Waals surface area contributed by atoms with Crippen LogP contribution in [0.4, 0.5) is 0 Å². The van der Waals surface area contributed by atoms with E-state index in [1.807, 2.05) is 0 Å². The van der Waals surface area contributed by atoms with Crippen molar-refractivity contribution in [3.8, 4) is 0 Å². The SMILES string of the molecule is CCOC(=O)/C=C/C(=O)O[C@@H](C)C(=O)NCCC1=CCCCC1. The molecule has 0 aromatic heterocycles. The fourth-order valence-electron chi connectivity index (χ4n) is 2.22. The van der Waals surface area contributed by atoms with Crippen molar-refractivity contribution in [1.82, 2.24) is 5.32 Å². The highest BCUT2D eigenvalue weighted by atomic mass is 16.5. The third-order valence-electron chi connectivity index (χ3n) is 3.43. The Kier molecular flexibility index (Phi) is 8.72. The second kappa shape index (κ2) is 10.6. The standard InChI is InChI=1S/C17H25NO5/c1-3-22-15(19)9-10-16(20)23-13(2)17(21)18-12-11-14-7-5-4-6-8-14/h7,9-10,13H,3-6,8,11-12H2,1-2H3,(H,18,21)/b10-9+/t13-/m0/s1. The Morgan fingerprint density at radius 1 is 1.26 bits per heavy atom. The summed E-state index contributed by atoms with van der Waals surface area (Å²) in [6, 6.07) is 0. The summed E-state index contributed by atoms with van der Waals surface area (Å²) in [5.74, 6) is -1.72. The number of carbonyl (C=O) groups is 3. The van der Waals surface area contributed by atoms with Crippen molar-refractivity contribution in [2.45, 2.75) is 52.1 Å². The van der Waals surface area contributed by atoms with E-state index >= 15 is 0 Å². The number of amides is 1. The molecule has 6 heteroatoms. The maximum Gasteiger partial charge on any atom is 0.331 e. The highest BCUT2D eigenvalue weighted by molar-refractivity contribution is 5.93. The van der Waals surface area contributed by atoms with Gasteiger partial charge in [-0.05, 0) is 46.0 Å². The van der Waals surface area contributed by atoms with Crippen molar-refractivity contribution in [2.75, 3.05) is 13.2 Å². The number of allylic oxidation sites excluding steroid dienone is 1. The maximum absolute atomic E-state index is 11.8. The van der Waals surface area contributed by atoms with Crippen LogP contribution < -0.4 is 5.32 Å². The molecule has 23 heavy (non-hydrogen) atoms. The summed E-state index contributed by atoms with van der Waals surface area (Å²) in [6.07, 6.45) is 8.75. The molecule has 1 rings (SSSR count). The predicted octanol–water partition coefficient (Wildman–Crippen LogP) is 2.04. The van der Waals surface area contributed by atoms with Gasteiger partial charge in [-0.2, -0.15) is 0 Å². The quantitative estimate of drug-likeness (QED) is 0.420. The highest BCUT2D eigenvalue weighted by Crippen LogP contribution is 2.19. The van der Waals surface area contributed by atoms with Gasteiger partial charge in [-0.25, -0.2) is 9.59 Å². The Labute approximate surface area is 136 Å². The number of esters is 2. The minimum atomic E-state index is -0.908. The van der Waals surface area contributed by atoms with Crippen LogP contribution in [0.2, 0.25) is 0 Å². The summed E-state index contributed by atoms with van der Waals surface area (Å²) >= 11 is 0. The average molecular weight is 323 g/mol. The predicted molar refractivity (Wildman–Crippen MR) is 85.5 cm³/mol. The minimum absolute atomic E-state index is 0.230. The normalized spacial score (nSPS) is 15.7. The topological polar surface area (TPSA) is 81.7 Å². The molecule has 0 bridgehead atoms. The van der Waals surface area contributed by atoms with Gasteiger partial charge in [0.2, 0.25) is 0 Å². The molecule has 0 fully saturated rings. The van der Waals surface area contributed by atoms with Gasteiger partial charge in [-0.1, -0.05) is 11.6 Å². The summed E-state index contributed by atoms with van der Waals surface area (Å²) in [5, 5.41) is 2.75. The van der Waals surface area contributed by atoms with Gasteiger partial charge < -0.3 is 14.8 Å². The van der Waals surface area contributed by atoms with Crippen molar-refractivity contribution in [1.29, 1.82) is 0 Å². The molecular weight excluding hydrogens is 298 g/mol. The number of hydrogen-bond donors (Lipinski definition) is 1. The lowest BCUT2D eigenvalue weighted by Gasteiger charge is -2.15. The maximum atomic E-state index is 11.8. The van der Waals surface area contributed by atoms with Gasteiger partial charge in [0.25, 0.3) is 5.91 Å². The number of nitrogens with one attached hydrogen (secondary N) is 1. The molecule has 0 aromatic carbocycles. The highest BCUT2D eigenvalue weighted by Gasteiger charge is 2.16. The van der Waals surface area contributed by atoms with E-state index < -0.39 is 18.0 Å². The molecule has 0 unspecified atom stereocenters. The largest absolute Gasteiger partial charge is 0.463 e. The van der Waals surface area contributed by atoms with E-state index in [1.165, 1.54) is 25.3 Å². The molecule has 0 aromatic rings. The van der Waals surface area contributed by atoms with Crippen LogP contribution >= 0.6 is 0 Å². The van der Waals surface area contributed by atoms with Crippen molar-refractivity contribution in [3.05, 3.63) is 23.8 Å². The average Bonchev–Trinajstić information content (AvgIpc) is 2.54. The summed E-state index contributed by atoms with van der Waals surface area (Å²) in [4.78, 5) is 34.4. The molecule has 1 amide bonds. The molecule has 1 aliphatic carbocycles. The van der Waals surface area contributed by atoms with E-state index in [2.05, 4.69) is 16.1 Å². The summed E-state index contributed by atoms with van der Waals surface area (Å²) in [6.45, 7) is 3.92. The van der Waals surface area contributed by atoms with Gasteiger partial charge in [0.15, 0.2) is 6.10 Å². The van der Waals surface area contributed by atoms with E-state index in [9.17, 15) is 14.4 Å². The first-order valence-corrected chi connectivity index (χ1v) is 8.04. The van der Waals surface area contributed by atoms with E-state index in [1.54, 1.807) is 6.92 Å². The lowest BCUT2D eigenvalue weighted by molar-refractivity contribution is -0.150. The van der Waals surface area contributed by atoms with Gasteiger partial charge in [0, 0.05) is 18.7 Å². The van der Waals surface area contributed by atoms with Crippen molar-refractivity contribution >= 4 is 17.8 Å². The van der Waals surface area contributed by atoms with Crippen LogP contribution in [-0.2, 0) is 23.9 Å². The fraction of sp³-hybridized carbons (Fsp3) is 0.588. The molecular formula is C17H25NO5. The first-order chi connectivity index (χ1) is 11.0. The van der Waals surface area contributed by atoms with Crippen LogP contribution in [0.15, 0.2) is 23.8 Å². The Morgan fingerprint density at radius 2 is 2.00 bits per heavy atom. The number of carbonyl (C=O) groups excluding carboxylic acids is 3. The van der Waals surface area contributed by atoms with E-state index in [-0.39, 0.29) is 12.5 Å². The second-order valence-electron chi connectivity index (χ2n) is 5.31. The van der Waals surface area contributed by atoms with Gasteiger partial charge in [0.1, 0.15) is 0 Å². The van der Waals surface area contributed by atoms with Crippen LogP contribution in [-0.4, -0.2) is 37.1 Å². The molecule has 0 saturated carbocycles. The molecule has 0 aliphatic heterocycles. The van der Waals surface area contributed by atoms with Crippen molar-refractivity contribution in [3.63, 3.8) is 0 Å². The fourth-order valence-corrected chi connectivity index (χ4v) is 2.22. The Morgan fingerprint density at radius 3 is 2.65 bits per heavy atom. The molecule has 0 radical (unpaired) electrons. The van der Waals surface area contributed by atoms with E-state index in [0.717, 1.165) is 31.4 Å². The summed E-state index contributed by atoms with van der Waals surface area (Å²) in [5.41, 5.74) is 1.37. The van der Waals surface area contributed by atoms with Gasteiger partial charge in [0.05, 0.1) is 6.61 Å². The monoisotopic (exact) mass is 323 g/mol. The van der Waals surface area contributed by atoms with Crippen molar-refractivity contribution < 1.29 is 23.9 Å². The Balaban J connectivity index is 2.25.